The number of carbonyl (C=O) groups excluding carboxylic acids is 1. The van der Waals surface area contributed by atoms with Crippen LogP contribution in [0.15, 0.2) is 0 Å². The number of hydrogen-bond acceptors (Lipinski definition) is 3. The lowest BCUT2D eigenvalue weighted by atomic mass is 9.93. The lowest BCUT2D eigenvalue weighted by molar-refractivity contribution is -0.149. The third kappa shape index (κ3) is 1.48. The van der Waals surface area contributed by atoms with E-state index in [0.29, 0.717) is 19.5 Å². The highest BCUT2D eigenvalue weighted by Gasteiger charge is 2.40. The summed E-state index contributed by atoms with van der Waals surface area (Å²) in [5.74, 6) is -0.813. The highest BCUT2D eigenvalue weighted by atomic mass is 16.4. The Morgan fingerprint density at radius 2 is 2.29 bits per heavy atom. The van der Waals surface area contributed by atoms with E-state index in [2.05, 4.69) is 5.32 Å². The zero-order chi connectivity index (χ0) is 10.1. The van der Waals surface area contributed by atoms with Crippen molar-refractivity contribution < 1.29 is 14.7 Å². The Kier molecular flexibility index (Phi) is 2.41. The first-order valence-corrected chi connectivity index (χ1v) is 4.96. The SMILES string of the molecule is O=C(O)C1CCCC2C(=O)NCCN12. The molecule has 1 amide bonds. The number of carboxylic acids is 1. The number of piperidine rings is 1. The Morgan fingerprint density at radius 3 is 3.00 bits per heavy atom. The van der Waals surface area contributed by atoms with Crippen LogP contribution >= 0.6 is 0 Å². The number of amides is 1. The number of carboxylic acid groups (broad SMARTS) is 1. The molecule has 0 aromatic heterocycles. The summed E-state index contributed by atoms with van der Waals surface area (Å²) in [6, 6.07) is -0.668. The van der Waals surface area contributed by atoms with Gasteiger partial charge in [-0.05, 0) is 19.3 Å². The largest absolute Gasteiger partial charge is 0.480 e. The number of rotatable bonds is 1. The first kappa shape index (κ1) is 9.45. The zero-order valence-electron chi connectivity index (χ0n) is 7.90. The minimum Gasteiger partial charge on any atom is -0.480 e. The van der Waals surface area contributed by atoms with Crippen LogP contribution in [0.3, 0.4) is 0 Å². The van der Waals surface area contributed by atoms with Gasteiger partial charge in [0.05, 0.1) is 6.04 Å². The number of carbonyl (C=O) groups is 2. The summed E-state index contributed by atoms with van der Waals surface area (Å²) in [6.45, 7) is 1.23. The lowest BCUT2D eigenvalue weighted by Gasteiger charge is -2.42. The first-order chi connectivity index (χ1) is 6.70. The summed E-state index contributed by atoms with van der Waals surface area (Å²) in [4.78, 5) is 24.2. The quantitative estimate of drug-likeness (QED) is 0.591. The maximum atomic E-state index is 11.5. The van der Waals surface area contributed by atoms with Gasteiger partial charge in [-0.1, -0.05) is 0 Å². The number of fused-ring (bicyclic) bond motifs is 1. The van der Waals surface area contributed by atoms with Gasteiger partial charge in [0.15, 0.2) is 0 Å². The molecule has 0 saturated carbocycles. The van der Waals surface area contributed by atoms with Gasteiger partial charge in [-0.2, -0.15) is 0 Å². The number of piperazine rings is 1. The van der Waals surface area contributed by atoms with Crippen LogP contribution in [0, 0.1) is 0 Å². The van der Waals surface area contributed by atoms with Gasteiger partial charge in [0, 0.05) is 13.1 Å². The van der Waals surface area contributed by atoms with E-state index < -0.39 is 12.0 Å². The van der Waals surface area contributed by atoms with Crippen LogP contribution in [-0.4, -0.2) is 47.1 Å². The molecule has 0 aromatic rings. The van der Waals surface area contributed by atoms with Crippen molar-refractivity contribution in [1.82, 2.24) is 10.2 Å². The average molecular weight is 198 g/mol. The predicted molar refractivity (Wildman–Crippen MR) is 48.8 cm³/mol. The Labute approximate surface area is 82.1 Å². The van der Waals surface area contributed by atoms with Crippen molar-refractivity contribution >= 4 is 11.9 Å². The monoisotopic (exact) mass is 198 g/mol. The molecule has 2 unspecified atom stereocenters. The maximum Gasteiger partial charge on any atom is 0.320 e. The number of nitrogens with zero attached hydrogens (tertiary/aromatic N) is 1. The van der Waals surface area contributed by atoms with Crippen LogP contribution in [0.2, 0.25) is 0 Å². The molecule has 14 heavy (non-hydrogen) atoms. The first-order valence-electron chi connectivity index (χ1n) is 4.96. The van der Waals surface area contributed by atoms with Gasteiger partial charge in [0.25, 0.3) is 0 Å². The molecule has 2 fully saturated rings. The molecule has 0 radical (unpaired) electrons. The van der Waals surface area contributed by atoms with Crippen molar-refractivity contribution in [2.75, 3.05) is 13.1 Å². The van der Waals surface area contributed by atoms with Crippen LogP contribution in [0.5, 0.6) is 0 Å². The second kappa shape index (κ2) is 3.57. The van der Waals surface area contributed by atoms with Gasteiger partial charge >= 0.3 is 5.97 Å². The molecule has 0 aromatic carbocycles. The second-order valence-corrected chi connectivity index (χ2v) is 3.83. The van der Waals surface area contributed by atoms with Gasteiger partial charge < -0.3 is 10.4 Å². The molecule has 0 aliphatic carbocycles. The van der Waals surface area contributed by atoms with Gasteiger partial charge in [-0.3, -0.25) is 14.5 Å². The Morgan fingerprint density at radius 1 is 1.50 bits per heavy atom. The van der Waals surface area contributed by atoms with E-state index in [1.165, 1.54) is 0 Å². The van der Waals surface area contributed by atoms with Crippen molar-refractivity contribution in [2.45, 2.75) is 31.3 Å². The molecular formula is C9H14N2O3. The van der Waals surface area contributed by atoms with Crippen LogP contribution in [0.1, 0.15) is 19.3 Å². The molecule has 2 aliphatic rings. The summed E-state index contributed by atoms with van der Waals surface area (Å²) in [7, 11) is 0. The van der Waals surface area contributed by atoms with Gasteiger partial charge in [-0.15, -0.1) is 0 Å². The third-order valence-corrected chi connectivity index (χ3v) is 3.01. The molecule has 2 N–H and O–H groups in total. The normalized spacial score (nSPS) is 33.3. The standard InChI is InChI=1S/C9H14N2O3/c12-8-6-2-1-3-7(9(13)14)11(6)5-4-10-8/h6-7H,1-5H2,(H,10,12)(H,13,14). The minimum atomic E-state index is -0.801. The fraction of sp³-hybridized carbons (Fsp3) is 0.778. The average Bonchev–Trinajstić information content (AvgIpc) is 2.17. The van der Waals surface area contributed by atoms with Gasteiger partial charge in [0.2, 0.25) is 5.91 Å². The molecule has 2 rings (SSSR count). The van der Waals surface area contributed by atoms with Crippen molar-refractivity contribution in [3.05, 3.63) is 0 Å². The van der Waals surface area contributed by atoms with E-state index in [0.717, 1.165) is 12.8 Å². The van der Waals surface area contributed by atoms with Crippen LogP contribution in [0.4, 0.5) is 0 Å². The third-order valence-electron chi connectivity index (χ3n) is 3.01. The summed E-state index contributed by atoms with van der Waals surface area (Å²) in [6.07, 6.45) is 2.28. The van der Waals surface area contributed by atoms with Crippen molar-refractivity contribution in [3.8, 4) is 0 Å². The minimum absolute atomic E-state index is 0.0119. The fourth-order valence-corrected chi connectivity index (χ4v) is 2.34. The molecular weight excluding hydrogens is 184 g/mol. The molecule has 2 saturated heterocycles. The highest BCUT2D eigenvalue weighted by molar-refractivity contribution is 5.84. The van der Waals surface area contributed by atoms with E-state index in [9.17, 15) is 9.59 Å². The van der Waals surface area contributed by atoms with Crippen molar-refractivity contribution in [1.29, 1.82) is 0 Å². The van der Waals surface area contributed by atoms with E-state index in [4.69, 9.17) is 5.11 Å². The van der Waals surface area contributed by atoms with Crippen molar-refractivity contribution in [2.24, 2.45) is 0 Å². The second-order valence-electron chi connectivity index (χ2n) is 3.83. The molecule has 2 heterocycles. The molecule has 0 spiro atoms. The molecule has 2 aliphatic heterocycles. The van der Waals surface area contributed by atoms with Crippen LogP contribution < -0.4 is 5.32 Å². The van der Waals surface area contributed by atoms with E-state index in [1.807, 2.05) is 4.90 Å². The molecule has 2 atom stereocenters. The van der Waals surface area contributed by atoms with Gasteiger partial charge in [0.1, 0.15) is 6.04 Å². The lowest BCUT2D eigenvalue weighted by Crippen LogP contribution is -2.61. The number of hydrogen-bond donors (Lipinski definition) is 2. The van der Waals surface area contributed by atoms with E-state index in [1.54, 1.807) is 0 Å². The molecule has 5 heteroatoms. The van der Waals surface area contributed by atoms with Crippen LogP contribution in [0.25, 0.3) is 0 Å². The predicted octanol–water partition coefficient (Wildman–Crippen LogP) is -0.576. The summed E-state index contributed by atoms with van der Waals surface area (Å²) in [5, 5.41) is 11.8. The molecule has 5 nitrogen and oxygen atoms in total. The Balaban J connectivity index is 2.15. The van der Waals surface area contributed by atoms with Gasteiger partial charge in [-0.25, -0.2) is 0 Å². The summed E-state index contributed by atoms with van der Waals surface area (Å²) >= 11 is 0. The summed E-state index contributed by atoms with van der Waals surface area (Å²) < 4.78 is 0. The topological polar surface area (TPSA) is 69.6 Å². The highest BCUT2D eigenvalue weighted by Crippen LogP contribution is 2.24. The fourth-order valence-electron chi connectivity index (χ4n) is 2.34. The number of nitrogens with one attached hydrogen (secondary N) is 1. The van der Waals surface area contributed by atoms with E-state index in [-0.39, 0.29) is 11.9 Å². The number of aliphatic carboxylic acids is 1. The van der Waals surface area contributed by atoms with E-state index >= 15 is 0 Å². The Hall–Kier alpha value is -1.10. The summed E-state index contributed by atoms with van der Waals surface area (Å²) in [5.41, 5.74) is 0. The molecule has 0 bridgehead atoms. The maximum absolute atomic E-state index is 11.5. The smallest absolute Gasteiger partial charge is 0.320 e. The molecule has 78 valence electrons. The van der Waals surface area contributed by atoms with Crippen molar-refractivity contribution in [3.63, 3.8) is 0 Å². The zero-order valence-corrected chi connectivity index (χ0v) is 7.90. The van der Waals surface area contributed by atoms with Crippen LogP contribution in [-0.2, 0) is 9.59 Å². The Bertz CT molecular complexity index is 261.